The van der Waals surface area contributed by atoms with Crippen LogP contribution in [0.2, 0.25) is 0 Å². The molecule has 0 spiro atoms. The van der Waals surface area contributed by atoms with Gasteiger partial charge in [-0.2, -0.15) is 0 Å². The van der Waals surface area contributed by atoms with E-state index in [0.29, 0.717) is 5.41 Å². The van der Waals surface area contributed by atoms with Crippen LogP contribution in [0.25, 0.3) is 0 Å². The van der Waals surface area contributed by atoms with Crippen molar-refractivity contribution < 1.29 is 9.84 Å². The van der Waals surface area contributed by atoms with Gasteiger partial charge in [0, 0.05) is 25.1 Å². The molecule has 1 N–H and O–H groups in total. The molecule has 0 aliphatic carbocycles. The summed E-state index contributed by atoms with van der Waals surface area (Å²) in [4.78, 5) is 2.50. The van der Waals surface area contributed by atoms with Crippen LogP contribution in [0.5, 0.6) is 0 Å². The highest BCUT2D eigenvalue weighted by Gasteiger charge is 2.38. The van der Waals surface area contributed by atoms with E-state index in [1.807, 2.05) is 0 Å². The number of aliphatic hydroxyl groups is 1. The molecule has 1 unspecified atom stereocenters. The van der Waals surface area contributed by atoms with Gasteiger partial charge in [-0.1, -0.05) is 13.8 Å². The van der Waals surface area contributed by atoms with Gasteiger partial charge in [0.15, 0.2) is 0 Å². The van der Waals surface area contributed by atoms with Gasteiger partial charge in [0.1, 0.15) is 0 Å². The Morgan fingerprint density at radius 3 is 2.62 bits per heavy atom. The van der Waals surface area contributed by atoms with Crippen LogP contribution >= 0.6 is 0 Å². The third kappa shape index (κ3) is 2.76. The molecule has 0 saturated carbocycles. The highest BCUT2D eigenvalue weighted by atomic mass is 16.5. The summed E-state index contributed by atoms with van der Waals surface area (Å²) in [7, 11) is 0. The monoisotopic (exact) mass is 227 g/mol. The normalized spacial score (nSPS) is 35.4. The van der Waals surface area contributed by atoms with Crippen molar-refractivity contribution >= 4 is 0 Å². The summed E-state index contributed by atoms with van der Waals surface area (Å²) in [5.41, 5.74) is 0.463. The van der Waals surface area contributed by atoms with E-state index in [9.17, 15) is 5.11 Å². The molecule has 2 rings (SSSR count). The van der Waals surface area contributed by atoms with Crippen LogP contribution in [0.15, 0.2) is 0 Å². The molecule has 2 heterocycles. The molecule has 2 aliphatic heterocycles. The summed E-state index contributed by atoms with van der Waals surface area (Å²) in [6.07, 6.45) is 3.48. The lowest BCUT2D eigenvalue weighted by Gasteiger charge is -2.38. The van der Waals surface area contributed by atoms with Gasteiger partial charge in [0.25, 0.3) is 0 Å². The zero-order chi connectivity index (χ0) is 11.6. The lowest BCUT2D eigenvalue weighted by molar-refractivity contribution is -0.0534. The summed E-state index contributed by atoms with van der Waals surface area (Å²) >= 11 is 0. The molecule has 2 fully saturated rings. The summed E-state index contributed by atoms with van der Waals surface area (Å²) in [6, 6.07) is 0. The first-order valence-electron chi connectivity index (χ1n) is 6.46. The van der Waals surface area contributed by atoms with Gasteiger partial charge >= 0.3 is 0 Å². The second kappa shape index (κ2) is 4.63. The van der Waals surface area contributed by atoms with E-state index in [2.05, 4.69) is 18.7 Å². The van der Waals surface area contributed by atoms with Crippen LogP contribution in [0.4, 0.5) is 0 Å². The van der Waals surface area contributed by atoms with Crippen LogP contribution in [-0.2, 0) is 4.74 Å². The Morgan fingerprint density at radius 2 is 2.12 bits per heavy atom. The second-order valence-corrected chi connectivity index (χ2v) is 6.44. The fourth-order valence-corrected chi connectivity index (χ4v) is 3.04. The molecule has 0 aromatic rings. The molecule has 0 radical (unpaired) electrons. The van der Waals surface area contributed by atoms with Crippen molar-refractivity contribution in [3.8, 4) is 0 Å². The molecule has 16 heavy (non-hydrogen) atoms. The molecular formula is C13H25NO2. The van der Waals surface area contributed by atoms with Gasteiger partial charge in [-0.3, -0.25) is 0 Å². The highest BCUT2D eigenvalue weighted by Crippen LogP contribution is 2.34. The molecular weight excluding hydrogens is 202 g/mol. The Bertz CT molecular complexity index is 234. The van der Waals surface area contributed by atoms with Gasteiger partial charge in [0.2, 0.25) is 0 Å². The Kier molecular flexibility index (Phi) is 3.57. The van der Waals surface area contributed by atoms with Gasteiger partial charge < -0.3 is 14.7 Å². The maximum atomic E-state index is 9.63. The lowest BCUT2D eigenvalue weighted by atomic mass is 9.83. The van der Waals surface area contributed by atoms with E-state index in [0.717, 1.165) is 39.1 Å². The van der Waals surface area contributed by atoms with Gasteiger partial charge in [-0.25, -0.2) is 0 Å². The molecule has 2 aliphatic rings. The average Bonchev–Trinajstić information content (AvgIpc) is 2.59. The van der Waals surface area contributed by atoms with Crippen LogP contribution < -0.4 is 0 Å². The van der Waals surface area contributed by atoms with E-state index >= 15 is 0 Å². The third-order valence-corrected chi connectivity index (χ3v) is 4.05. The van der Waals surface area contributed by atoms with Crippen molar-refractivity contribution in [2.75, 3.05) is 39.5 Å². The summed E-state index contributed by atoms with van der Waals surface area (Å²) in [6.45, 7) is 9.88. The van der Waals surface area contributed by atoms with Crippen molar-refractivity contribution in [3.05, 3.63) is 0 Å². The standard InChI is InChI=1S/C13H25NO2/c1-12(2)5-6-14(8-12)9-13(10-15)4-3-7-16-11-13/h15H,3-11H2,1-2H3. The number of likely N-dealkylation sites (tertiary alicyclic amines) is 1. The molecule has 3 heteroatoms. The quantitative estimate of drug-likeness (QED) is 0.793. The minimum Gasteiger partial charge on any atom is -0.396 e. The second-order valence-electron chi connectivity index (χ2n) is 6.44. The third-order valence-electron chi connectivity index (χ3n) is 4.05. The van der Waals surface area contributed by atoms with Gasteiger partial charge in [-0.05, 0) is 31.2 Å². The number of ether oxygens (including phenoxy) is 1. The molecule has 1 atom stereocenters. The van der Waals surface area contributed by atoms with Gasteiger partial charge in [-0.15, -0.1) is 0 Å². The number of aliphatic hydroxyl groups excluding tert-OH is 1. The Hall–Kier alpha value is -0.120. The maximum Gasteiger partial charge on any atom is 0.0556 e. The highest BCUT2D eigenvalue weighted by molar-refractivity contribution is 4.90. The first-order valence-corrected chi connectivity index (χ1v) is 6.46. The van der Waals surface area contributed by atoms with E-state index in [1.54, 1.807) is 0 Å². The van der Waals surface area contributed by atoms with Crippen molar-refractivity contribution in [2.24, 2.45) is 10.8 Å². The van der Waals surface area contributed by atoms with Crippen molar-refractivity contribution in [1.29, 1.82) is 0 Å². The smallest absolute Gasteiger partial charge is 0.0556 e. The fourth-order valence-electron chi connectivity index (χ4n) is 3.04. The Labute approximate surface area is 98.8 Å². The van der Waals surface area contributed by atoms with Crippen LogP contribution in [0, 0.1) is 10.8 Å². The Morgan fingerprint density at radius 1 is 1.31 bits per heavy atom. The number of nitrogens with zero attached hydrogens (tertiary/aromatic N) is 1. The van der Waals surface area contributed by atoms with Crippen molar-refractivity contribution in [1.82, 2.24) is 4.90 Å². The largest absolute Gasteiger partial charge is 0.396 e. The summed E-state index contributed by atoms with van der Waals surface area (Å²) in [5, 5.41) is 9.63. The Balaban J connectivity index is 1.91. The molecule has 94 valence electrons. The minimum absolute atomic E-state index is 0.0126. The zero-order valence-corrected chi connectivity index (χ0v) is 10.7. The van der Waals surface area contributed by atoms with Crippen LogP contribution in [0.3, 0.4) is 0 Å². The molecule has 0 amide bonds. The van der Waals surface area contributed by atoms with Crippen molar-refractivity contribution in [3.63, 3.8) is 0 Å². The van der Waals surface area contributed by atoms with Crippen LogP contribution in [-0.4, -0.2) is 49.5 Å². The average molecular weight is 227 g/mol. The van der Waals surface area contributed by atoms with E-state index < -0.39 is 0 Å². The molecule has 0 aromatic heterocycles. The van der Waals surface area contributed by atoms with Crippen molar-refractivity contribution in [2.45, 2.75) is 33.1 Å². The maximum absolute atomic E-state index is 9.63. The first kappa shape index (κ1) is 12.3. The summed E-state index contributed by atoms with van der Waals surface area (Å²) < 4.78 is 5.55. The molecule has 0 bridgehead atoms. The molecule has 3 nitrogen and oxygen atoms in total. The van der Waals surface area contributed by atoms with Crippen LogP contribution in [0.1, 0.15) is 33.1 Å². The first-order chi connectivity index (χ1) is 7.55. The minimum atomic E-state index is 0.0126. The van der Waals surface area contributed by atoms with E-state index in [1.165, 1.54) is 13.0 Å². The number of rotatable bonds is 3. The van der Waals surface area contributed by atoms with Gasteiger partial charge in [0.05, 0.1) is 13.2 Å². The number of hydrogen-bond acceptors (Lipinski definition) is 3. The summed E-state index contributed by atoms with van der Waals surface area (Å²) in [5.74, 6) is 0. The predicted molar refractivity (Wildman–Crippen MR) is 64.4 cm³/mol. The number of hydrogen-bond donors (Lipinski definition) is 1. The molecule has 2 saturated heterocycles. The zero-order valence-electron chi connectivity index (χ0n) is 10.7. The van der Waals surface area contributed by atoms with E-state index in [-0.39, 0.29) is 12.0 Å². The predicted octanol–water partition coefficient (Wildman–Crippen LogP) is 1.51. The fraction of sp³-hybridized carbons (Fsp3) is 1.00. The SMILES string of the molecule is CC1(C)CCN(CC2(CO)CCCOC2)C1. The lowest BCUT2D eigenvalue weighted by Crippen LogP contribution is -2.45. The topological polar surface area (TPSA) is 32.7 Å². The van der Waals surface area contributed by atoms with E-state index in [4.69, 9.17) is 4.74 Å². The molecule has 0 aromatic carbocycles.